The Balaban J connectivity index is 2.02. The molecule has 21 heavy (non-hydrogen) atoms. The van der Waals surface area contributed by atoms with E-state index >= 15 is 0 Å². The van der Waals surface area contributed by atoms with Crippen LogP contribution in [0.5, 0.6) is 0 Å². The minimum Gasteiger partial charge on any atom is -0.357 e. The van der Waals surface area contributed by atoms with Crippen LogP contribution in [0.25, 0.3) is 11.3 Å². The first-order valence-electron chi connectivity index (χ1n) is 7.06. The van der Waals surface area contributed by atoms with Crippen molar-refractivity contribution in [3.63, 3.8) is 0 Å². The van der Waals surface area contributed by atoms with E-state index in [4.69, 9.17) is 0 Å². The monoisotopic (exact) mass is 283 g/mol. The summed E-state index contributed by atoms with van der Waals surface area (Å²) in [4.78, 5) is 12.1. The second-order valence-electron chi connectivity index (χ2n) is 4.47. The molecule has 0 saturated carbocycles. The van der Waals surface area contributed by atoms with Gasteiger partial charge in [-0.1, -0.05) is 36.4 Å². The summed E-state index contributed by atoms with van der Waals surface area (Å²) < 4.78 is 0. The third-order valence-electron chi connectivity index (χ3n) is 2.86. The molecule has 5 heteroatoms. The normalized spacial score (nSPS) is 11.2. The number of guanidine groups is 1. The lowest BCUT2D eigenvalue weighted by Crippen LogP contribution is -2.37. The van der Waals surface area contributed by atoms with E-state index in [1.54, 1.807) is 6.08 Å². The maximum atomic E-state index is 4.48. The molecule has 110 valence electrons. The summed E-state index contributed by atoms with van der Waals surface area (Å²) in [5.41, 5.74) is 2.13. The Morgan fingerprint density at radius 3 is 2.86 bits per heavy atom. The van der Waals surface area contributed by atoms with E-state index in [2.05, 4.69) is 44.3 Å². The van der Waals surface area contributed by atoms with Crippen LogP contribution in [0.15, 0.2) is 54.2 Å². The Bertz CT molecular complexity index is 586. The highest BCUT2D eigenvalue weighted by Crippen LogP contribution is 2.16. The summed E-state index contributed by atoms with van der Waals surface area (Å²) >= 11 is 0. The molecule has 0 fully saturated rings. The molecule has 1 aromatic heterocycles. The number of benzene rings is 1. The smallest absolute Gasteiger partial charge is 0.191 e. The second kappa shape index (κ2) is 7.89. The first kappa shape index (κ1) is 14.8. The highest BCUT2D eigenvalue weighted by atomic mass is 15.2. The number of nitrogens with zero attached hydrogens (tertiary/aromatic N) is 2. The Morgan fingerprint density at radius 2 is 2.14 bits per heavy atom. The zero-order valence-electron chi connectivity index (χ0n) is 12.3. The minimum absolute atomic E-state index is 0.499. The number of aromatic nitrogens is 2. The SMILES string of the molecule is C=CCNC(=NCc1ncc(-c2ccccc2)[nH]1)NCC. The Morgan fingerprint density at radius 1 is 1.33 bits per heavy atom. The van der Waals surface area contributed by atoms with Gasteiger partial charge in [-0.15, -0.1) is 6.58 Å². The third kappa shape index (κ3) is 4.49. The van der Waals surface area contributed by atoms with Gasteiger partial charge < -0.3 is 15.6 Å². The summed E-state index contributed by atoms with van der Waals surface area (Å²) in [6.07, 6.45) is 3.64. The van der Waals surface area contributed by atoms with Gasteiger partial charge in [-0.05, 0) is 12.5 Å². The molecule has 3 N–H and O–H groups in total. The average molecular weight is 283 g/mol. The van der Waals surface area contributed by atoms with Crippen molar-refractivity contribution >= 4 is 5.96 Å². The molecule has 5 nitrogen and oxygen atoms in total. The summed E-state index contributed by atoms with van der Waals surface area (Å²) in [5, 5.41) is 6.33. The number of hydrogen-bond donors (Lipinski definition) is 3. The topological polar surface area (TPSA) is 65.1 Å². The molecule has 0 amide bonds. The molecule has 0 saturated heterocycles. The van der Waals surface area contributed by atoms with Crippen molar-refractivity contribution in [1.29, 1.82) is 0 Å². The fourth-order valence-corrected chi connectivity index (χ4v) is 1.87. The van der Waals surface area contributed by atoms with Gasteiger partial charge >= 0.3 is 0 Å². The van der Waals surface area contributed by atoms with E-state index in [1.165, 1.54) is 0 Å². The van der Waals surface area contributed by atoms with Gasteiger partial charge in [0.2, 0.25) is 0 Å². The average Bonchev–Trinajstić information content (AvgIpc) is 3.00. The number of nitrogens with one attached hydrogen (secondary N) is 3. The predicted octanol–water partition coefficient (Wildman–Crippen LogP) is 2.32. The van der Waals surface area contributed by atoms with Gasteiger partial charge in [0.25, 0.3) is 0 Å². The van der Waals surface area contributed by atoms with Crippen LogP contribution in [-0.2, 0) is 6.54 Å². The van der Waals surface area contributed by atoms with Gasteiger partial charge in [0.05, 0.1) is 11.9 Å². The van der Waals surface area contributed by atoms with Crippen LogP contribution in [0.4, 0.5) is 0 Å². The van der Waals surface area contributed by atoms with Gasteiger partial charge in [0.1, 0.15) is 12.4 Å². The second-order valence-corrected chi connectivity index (χ2v) is 4.47. The Labute approximate surface area is 125 Å². The minimum atomic E-state index is 0.499. The molecule has 0 unspecified atom stereocenters. The largest absolute Gasteiger partial charge is 0.357 e. The zero-order chi connectivity index (χ0) is 14.9. The third-order valence-corrected chi connectivity index (χ3v) is 2.86. The van der Waals surface area contributed by atoms with Gasteiger partial charge in [-0.3, -0.25) is 0 Å². The van der Waals surface area contributed by atoms with Crippen molar-refractivity contribution < 1.29 is 0 Å². The number of imidazole rings is 1. The summed E-state index contributed by atoms with van der Waals surface area (Å²) in [5.74, 6) is 1.60. The molecule has 1 heterocycles. The first-order valence-corrected chi connectivity index (χ1v) is 7.06. The number of hydrogen-bond acceptors (Lipinski definition) is 2. The van der Waals surface area contributed by atoms with Crippen molar-refractivity contribution in [3.05, 3.63) is 55.0 Å². The van der Waals surface area contributed by atoms with E-state index in [0.717, 1.165) is 29.6 Å². The molecule has 1 aromatic carbocycles. The molecule has 2 aromatic rings. The highest BCUT2D eigenvalue weighted by molar-refractivity contribution is 5.79. The van der Waals surface area contributed by atoms with Crippen LogP contribution in [0, 0.1) is 0 Å². The number of H-pyrrole nitrogens is 1. The van der Waals surface area contributed by atoms with Crippen molar-refractivity contribution in [2.45, 2.75) is 13.5 Å². The van der Waals surface area contributed by atoms with Crippen LogP contribution in [-0.4, -0.2) is 29.0 Å². The Kier molecular flexibility index (Phi) is 5.58. The predicted molar refractivity (Wildman–Crippen MR) is 87.0 cm³/mol. The van der Waals surface area contributed by atoms with Gasteiger partial charge in [0, 0.05) is 13.1 Å². The summed E-state index contributed by atoms with van der Waals surface area (Å²) in [6, 6.07) is 10.1. The number of aliphatic imine (C=N–C) groups is 1. The molecule has 0 atom stereocenters. The molecule has 0 aliphatic heterocycles. The molecule has 0 bridgehead atoms. The first-order chi connectivity index (χ1) is 10.3. The van der Waals surface area contributed by atoms with Crippen LogP contribution in [0.2, 0.25) is 0 Å². The van der Waals surface area contributed by atoms with Gasteiger partial charge in [-0.2, -0.15) is 0 Å². The lowest BCUT2D eigenvalue weighted by Gasteiger charge is -2.08. The molecule has 2 rings (SSSR count). The number of rotatable bonds is 6. The van der Waals surface area contributed by atoms with Crippen LogP contribution in [0.3, 0.4) is 0 Å². The van der Waals surface area contributed by atoms with Crippen molar-refractivity contribution in [3.8, 4) is 11.3 Å². The highest BCUT2D eigenvalue weighted by Gasteiger charge is 2.03. The van der Waals surface area contributed by atoms with E-state index in [-0.39, 0.29) is 0 Å². The standard InChI is InChI=1S/C16H21N5/c1-3-10-18-16(17-4-2)20-12-15-19-11-14(21-15)13-8-6-5-7-9-13/h3,5-9,11H,1,4,10,12H2,2H3,(H,19,21)(H2,17,18,20). The Hall–Kier alpha value is -2.56. The van der Waals surface area contributed by atoms with Crippen LogP contribution >= 0.6 is 0 Å². The summed E-state index contributed by atoms with van der Waals surface area (Å²) in [6.45, 7) is 7.71. The number of aromatic amines is 1. The lowest BCUT2D eigenvalue weighted by molar-refractivity contribution is 0.845. The van der Waals surface area contributed by atoms with Crippen molar-refractivity contribution in [2.24, 2.45) is 4.99 Å². The molecule has 0 spiro atoms. The molecule has 0 radical (unpaired) electrons. The van der Waals surface area contributed by atoms with Crippen molar-refractivity contribution in [1.82, 2.24) is 20.6 Å². The van der Waals surface area contributed by atoms with Crippen LogP contribution in [0.1, 0.15) is 12.7 Å². The maximum Gasteiger partial charge on any atom is 0.191 e. The van der Waals surface area contributed by atoms with E-state index in [9.17, 15) is 0 Å². The van der Waals surface area contributed by atoms with E-state index < -0.39 is 0 Å². The van der Waals surface area contributed by atoms with Gasteiger partial charge in [-0.25, -0.2) is 9.98 Å². The lowest BCUT2D eigenvalue weighted by atomic mass is 10.2. The maximum absolute atomic E-state index is 4.48. The van der Waals surface area contributed by atoms with E-state index in [0.29, 0.717) is 13.1 Å². The fraction of sp³-hybridized carbons (Fsp3) is 0.250. The molecular formula is C16H21N5. The molecular weight excluding hydrogens is 262 g/mol. The molecule has 0 aliphatic carbocycles. The molecule has 0 aliphatic rings. The summed E-state index contributed by atoms with van der Waals surface area (Å²) in [7, 11) is 0. The van der Waals surface area contributed by atoms with E-state index in [1.807, 2.05) is 31.3 Å². The fourth-order valence-electron chi connectivity index (χ4n) is 1.87. The quantitative estimate of drug-likeness (QED) is 0.433. The van der Waals surface area contributed by atoms with Crippen LogP contribution < -0.4 is 10.6 Å². The van der Waals surface area contributed by atoms with Gasteiger partial charge in [0.15, 0.2) is 5.96 Å². The van der Waals surface area contributed by atoms with Crippen molar-refractivity contribution in [2.75, 3.05) is 13.1 Å². The zero-order valence-corrected chi connectivity index (χ0v) is 12.3.